The number of aryl methyl sites for hydroxylation is 2. The van der Waals surface area contributed by atoms with E-state index in [9.17, 15) is 4.79 Å². The van der Waals surface area contributed by atoms with Crippen molar-refractivity contribution in [1.29, 1.82) is 0 Å². The number of halogens is 1. The third-order valence-electron chi connectivity index (χ3n) is 2.91. The fourth-order valence-electron chi connectivity index (χ4n) is 1.99. The molecule has 1 amide bonds. The van der Waals surface area contributed by atoms with E-state index in [4.69, 9.17) is 17.3 Å². The molecule has 18 heavy (non-hydrogen) atoms. The van der Waals surface area contributed by atoms with Gasteiger partial charge in [0.15, 0.2) is 0 Å². The van der Waals surface area contributed by atoms with Crippen LogP contribution in [0.4, 0.5) is 0 Å². The molecule has 0 fully saturated rings. The highest BCUT2D eigenvalue weighted by atomic mass is 35.5. The topological polar surface area (TPSA) is 60.9 Å². The summed E-state index contributed by atoms with van der Waals surface area (Å²) in [5, 5.41) is 4.60. The minimum absolute atomic E-state index is 0.331. The fraction of sp³-hybridized carbons (Fsp3) is 0.231. The lowest BCUT2D eigenvalue weighted by atomic mass is 10.0. The monoisotopic (exact) mass is 263 g/mol. The van der Waals surface area contributed by atoms with Gasteiger partial charge in [0.1, 0.15) is 0 Å². The van der Waals surface area contributed by atoms with Crippen LogP contribution in [-0.2, 0) is 13.5 Å². The molecule has 1 heterocycles. The normalized spacial score (nSPS) is 10.6. The van der Waals surface area contributed by atoms with Gasteiger partial charge in [0, 0.05) is 12.6 Å². The third-order valence-corrected chi connectivity index (χ3v) is 3.32. The summed E-state index contributed by atoms with van der Waals surface area (Å²) in [6, 6.07) is 5.26. The van der Waals surface area contributed by atoms with Crippen molar-refractivity contribution < 1.29 is 4.79 Å². The number of hydrogen-bond donors (Lipinski definition) is 1. The molecule has 0 saturated heterocycles. The summed E-state index contributed by atoms with van der Waals surface area (Å²) in [6.07, 6.45) is 2.66. The van der Waals surface area contributed by atoms with Crippen molar-refractivity contribution in [3.05, 3.63) is 40.5 Å². The molecule has 0 spiro atoms. The number of hydrogen-bond acceptors (Lipinski definition) is 2. The van der Waals surface area contributed by atoms with Crippen molar-refractivity contribution in [3.8, 4) is 11.3 Å². The van der Waals surface area contributed by atoms with Gasteiger partial charge in [0.05, 0.1) is 22.5 Å². The zero-order valence-electron chi connectivity index (χ0n) is 10.3. The van der Waals surface area contributed by atoms with Crippen molar-refractivity contribution >= 4 is 17.5 Å². The Bertz CT molecular complexity index is 604. The molecule has 4 nitrogen and oxygen atoms in total. The van der Waals surface area contributed by atoms with Crippen molar-refractivity contribution in [1.82, 2.24) is 9.78 Å². The van der Waals surface area contributed by atoms with E-state index in [1.54, 1.807) is 16.8 Å². The van der Waals surface area contributed by atoms with Crippen molar-refractivity contribution in [2.75, 3.05) is 0 Å². The summed E-state index contributed by atoms with van der Waals surface area (Å²) in [7, 11) is 1.85. The predicted molar refractivity (Wildman–Crippen MR) is 71.5 cm³/mol. The number of rotatable bonds is 3. The molecule has 2 aromatic rings. The minimum Gasteiger partial charge on any atom is -0.366 e. The standard InChI is InChI=1S/C13H14ClN3O/c1-3-8-7-16-17(2)12(8)9-5-4-6-10(11(9)14)13(15)18/h4-7H,3H2,1-2H3,(H2,15,18). The quantitative estimate of drug-likeness (QED) is 0.924. The van der Waals surface area contributed by atoms with Gasteiger partial charge in [-0.15, -0.1) is 0 Å². The summed E-state index contributed by atoms with van der Waals surface area (Å²) < 4.78 is 1.75. The van der Waals surface area contributed by atoms with E-state index in [1.807, 2.05) is 26.2 Å². The van der Waals surface area contributed by atoms with Gasteiger partial charge in [-0.1, -0.05) is 30.7 Å². The average Bonchev–Trinajstić information content (AvgIpc) is 2.70. The van der Waals surface area contributed by atoms with Gasteiger partial charge in [0.2, 0.25) is 5.91 Å². The van der Waals surface area contributed by atoms with Gasteiger partial charge in [-0.05, 0) is 18.1 Å². The maximum Gasteiger partial charge on any atom is 0.250 e. The van der Waals surface area contributed by atoms with Gasteiger partial charge >= 0.3 is 0 Å². The van der Waals surface area contributed by atoms with E-state index >= 15 is 0 Å². The summed E-state index contributed by atoms with van der Waals surface area (Å²) >= 11 is 6.25. The Morgan fingerprint density at radius 3 is 2.83 bits per heavy atom. The molecule has 2 N–H and O–H groups in total. The van der Waals surface area contributed by atoms with Crippen LogP contribution in [0.1, 0.15) is 22.8 Å². The molecule has 94 valence electrons. The van der Waals surface area contributed by atoms with Crippen LogP contribution in [0.15, 0.2) is 24.4 Å². The molecule has 0 bridgehead atoms. The number of carbonyl (C=O) groups excluding carboxylic acids is 1. The SMILES string of the molecule is CCc1cnn(C)c1-c1cccc(C(N)=O)c1Cl. The summed E-state index contributed by atoms with van der Waals surface area (Å²) in [5.74, 6) is -0.526. The maximum absolute atomic E-state index is 11.3. The fourth-order valence-corrected chi connectivity index (χ4v) is 2.30. The molecule has 1 aromatic carbocycles. The zero-order chi connectivity index (χ0) is 13.3. The summed E-state index contributed by atoms with van der Waals surface area (Å²) in [6.45, 7) is 2.05. The van der Waals surface area contributed by atoms with Crippen LogP contribution in [0.3, 0.4) is 0 Å². The minimum atomic E-state index is -0.526. The van der Waals surface area contributed by atoms with E-state index in [2.05, 4.69) is 5.10 Å². The largest absolute Gasteiger partial charge is 0.366 e. The van der Waals surface area contributed by atoms with Gasteiger partial charge in [0.25, 0.3) is 0 Å². The Hall–Kier alpha value is -1.81. The Balaban J connectivity index is 2.68. The van der Waals surface area contributed by atoms with E-state index in [-0.39, 0.29) is 0 Å². The van der Waals surface area contributed by atoms with Gasteiger partial charge in [-0.3, -0.25) is 9.48 Å². The maximum atomic E-state index is 11.3. The Morgan fingerprint density at radius 1 is 1.50 bits per heavy atom. The molecule has 0 aliphatic rings. The lowest BCUT2D eigenvalue weighted by Gasteiger charge is -2.09. The van der Waals surface area contributed by atoms with Crippen LogP contribution in [0, 0.1) is 0 Å². The Morgan fingerprint density at radius 2 is 2.22 bits per heavy atom. The van der Waals surface area contributed by atoms with Crippen molar-refractivity contribution in [3.63, 3.8) is 0 Å². The third kappa shape index (κ3) is 1.99. The molecular weight excluding hydrogens is 250 g/mol. The second-order valence-corrected chi connectivity index (χ2v) is 4.40. The molecule has 0 aliphatic carbocycles. The van der Waals surface area contributed by atoms with Gasteiger partial charge in [-0.25, -0.2) is 0 Å². The van der Waals surface area contributed by atoms with E-state index < -0.39 is 5.91 Å². The first kappa shape index (κ1) is 12.6. The lowest BCUT2D eigenvalue weighted by molar-refractivity contribution is 0.100. The molecule has 1 aromatic heterocycles. The molecule has 0 atom stereocenters. The molecule has 0 aliphatic heterocycles. The number of nitrogens with two attached hydrogens (primary N) is 1. The van der Waals surface area contributed by atoms with E-state index in [0.29, 0.717) is 10.6 Å². The first-order chi connectivity index (χ1) is 8.56. The van der Waals surface area contributed by atoms with Crippen LogP contribution in [-0.4, -0.2) is 15.7 Å². The summed E-state index contributed by atoms with van der Waals surface area (Å²) in [4.78, 5) is 11.3. The molecule has 0 saturated carbocycles. The van der Waals surface area contributed by atoms with Crippen LogP contribution in [0.25, 0.3) is 11.3 Å². The molecule has 5 heteroatoms. The van der Waals surface area contributed by atoms with E-state index in [1.165, 1.54) is 0 Å². The summed E-state index contributed by atoms with van der Waals surface area (Å²) in [5.41, 5.74) is 8.42. The molecule has 0 unspecified atom stereocenters. The van der Waals surface area contributed by atoms with Crippen molar-refractivity contribution in [2.24, 2.45) is 12.8 Å². The number of aromatic nitrogens is 2. The molecule has 0 radical (unpaired) electrons. The number of carbonyl (C=O) groups is 1. The predicted octanol–water partition coefficient (Wildman–Crippen LogP) is 2.40. The van der Waals surface area contributed by atoms with Gasteiger partial charge in [-0.2, -0.15) is 5.10 Å². The van der Waals surface area contributed by atoms with Crippen LogP contribution in [0.2, 0.25) is 5.02 Å². The van der Waals surface area contributed by atoms with Gasteiger partial charge < -0.3 is 5.73 Å². The van der Waals surface area contributed by atoms with Crippen LogP contribution < -0.4 is 5.73 Å². The highest BCUT2D eigenvalue weighted by molar-refractivity contribution is 6.36. The number of nitrogens with zero attached hydrogens (tertiary/aromatic N) is 2. The zero-order valence-corrected chi connectivity index (χ0v) is 11.0. The first-order valence-corrected chi connectivity index (χ1v) is 6.03. The highest BCUT2D eigenvalue weighted by Gasteiger charge is 2.16. The highest BCUT2D eigenvalue weighted by Crippen LogP contribution is 2.32. The Kier molecular flexibility index (Phi) is 3.39. The lowest BCUT2D eigenvalue weighted by Crippen LogP contribution is -2.12. The van der Waals surface area contributed by atoms with Crippen molar-refractivity contribution in [2.45, 2.75) is 13.3 Å². The smallest absolute Gasteiger partial charge is 0.250 e. The average molecular weight is 264 g/mol. The number of amides is 1. The molecular formula is C13H14ClN3O. The van der Waals surface area contributed by atoms with E-state index in [0.717, 1.165) is 23.2 Å². The number of benzene rings is 1. The number of primary amides is 1. The van der Waals surface area contributed by atoms with Crippen LogP contribution >= 0.6 is 11.6 Å². The first-order valence-electron chi connectivity index (χ1n) is 5.65. The van der Waals surface area contributed by atoms with Crippen LogP contribution in [0.5, 0.6) is 0 Å². The second-order valence-electron chi connectivity index (χ2n) is 4.03. The second kappa shape index (κ2) is 4.82. The molecule has 2 rings (SSSR count). The Labute approximate surface area is 110 Å².